The quantitative estimate of drug-likeness (QED) is 0.535. The maximum absolute atomic E-state index is 12.7. The highest BCUT2D eigenvalue weighted by Gasteiger charge is 2.20. The molecule has 2 aromatic carbocycles. The fourth-order valence-corrected chi connectivity index (χ4v) is 4.17. The van der Waals surface area contributed by atoms with Crippen molar-refractivity contribution in [1.29, 1.82) is 0 Å². The lowest BCUT2D eigenvalue weighted by Gasteiger charge is -2.28. The van der Waals surface area contributed by atoms with Crippen molar-refractivity contribution in [1.82, 2.24) is 14.9 Å². The van der Waals surface area contributed by atoms with Crippen LogP contribution in [0.1, 0.15) is 17.0 Å². The molecule has 0 saturated carbocycles. The molecule has 5 heteroatoms. The normalized spacial score (nSPS) is 13.7. The molecule has 0 atom stereocenters. The van der Waals surface area contributed by atoms with Crippen LogP contribution in [0.4, 0.5) is 0 Å². The zero-order valence-electron chi connectivity index (χ0n) is 14.1. The average Bonchev–Trinajstić information content (AvgIpc) is 2.65. The lowest BCUT2D eigenvalue weighted by Crippen LogP contribution is -2.37. The first-order valence-electron chi connectivity index (χ1n) is 8.41. The van der Waals surface area contributed by atoms with Crippen LogP contribution >= 0.6 is 11.8 Å². The van der Waals surface area contributed by atoms with Crippen molar-refractivity contribution in [3.63, 3.8) is 0 Å². The zero-order chi connectivity index (χ0) is 17.2. The number of aromatic nitrogens is 2. The van der Waals surface area contributed by atoms with Gasteiger partial charge < -0.3 is 4.90 Å². The molecule has 0 saturated heterocycles. The van der Waals surface area contributed by atoms with E-state index in [0.29, 0.717) is 12.3 Å². The lowest BCUT2D eigenvalue weighted by molar-refractivity contribution is -0.129. The third-order valence-electron chi connectivity index (χ3n) is 4.50. The van der Waals surface area contributed by atoms with Crippen molar-refractivity contribution in [3.8, 4) is 0 Å². The molecule has 1 aliphatic rings. The minimum Gasteiger partial charge on any atom is -0.337 e. The number of thioether (sulfide) groups is 1. The molecule has 25 heavy (non-hydrogen) atoms. The van der Waals surface area contributed by atoms with Crippen LogP contribution < -0.4 is 0 Å². The Hall–Kier alpha value is -2.40. The van der Waals surface area contributed by atoms with Crippen LogP contribution in [0.5, 0.6) is 0 Å². The summed E-state index contributed by atoms with van der Waals surface area (Å²) in [6.45, 7) is 3.39. The fourth-order valence-electron chi connectivity index (χ4n) is 3.20. The molecule has 0 bridgehead atoms. The topological polar surface area (TPSA) is 46.1 Å². The van der Waals surface area contributed by atoms with Gasteiger partial charge in [-0.15, -0.1) is 0 Å². The standard InChI is InChI=1S/C20H19N3OS/c1-14-21-18-9-5-4-8-17(18)20(22-14)25-13-19(24)23-11-10-15-6-2-3-7-16(15)12-23/h2-9H,10-13H2,1H3. The molecule has 1 aromatic heterocycles. The van der Waals surface area contributed by atoms with Gasteiger partial charge in [0.25, 0.3) is 0 Å². The Morgan fingerprint density at radius 3 is 2.72 bits per heavy atom. The van der Waals surface area contributed by atoms with Crippen molar-refractivity contribution >= 4 is 28.6 Å². The third kappa shape index (κ3) is 3.37. The third-order valence-corrected chi connectivity index (χ3v) is 5.47. The van der Waals surface area contributed by atoms with Gasteiger partial charge in [0.05, 0.1) is 11.3 Å². The van der Waals surface area contributed by atoms with E-state index in [1.807, 2.05) is 42.2 Å². The molecule has 0 N–H and O–H groups in total. The van der Waals surface area contributed by atoms with Crippen LogP contribution in [0.15, 0.2) is 53.6 Å². The average molecular weight is 349 g/mol. The highest BCUT2D eigenvalue weighted by molar-refractivity contribution is 8.00. The predicted octanol–water partition coefficient (Wildman–Crippen LogP) is 3.62. The molecule has 3 aromatic rings. The maximum Gasteiger partial charge on any atom is 0.233 e. The van der Waals surface area contributed by atoms with Gasteiger partial charge in [-0.2, -0.15) is 0 Å². The SMILES string of the molecule is Cc1nc(SCC(=O)N2CCc3ccccc3C2)c2ccccc2n1. The number of nitrogens with zero attached hydrogens (tertiary/aromatic N) is 3. The number of carbonyl (C=O) groups is 1. The van der Waals surface area contributed by atoms with Gasteiger partial charge >= 0.3 is 0 Å². The van der Waals surface area contributed by atoms with Crippen LogP contribution in [0, 0.1) is 6.92 Å². The Kier molecular flexibility index (Phi) is 4.40. The molecule has 4 rings (SSSR count). The number of para-hydroxylation sites is 1. The van der Waals surface area contributed by atoms with E-state index in [4.69, 9.17) is 0 Å². The zero-order valence-corrected chi connectivity index (χ0v) is 14.9. The summed E-state index contributed by atoms with van der Waals surface area (Å²) >= 11 is 1.50. The van der Waals surface area contributed by atoms with Gasteiger partial charge in [0, 0.05) is 18.5 Å². The van der Waals surface area contributed by atoms with E-state index in [9.17, 15) is 4.79 Å². The second-order valence-electron chi connectivity index (χ2n) is 6.22. The molecule has 4 nitrogen and oxygen atoms in total. The van der Waals surface area contributed by atoms with Gasteiger partial charge in [-0.1, -0.05) is 54.2 Å². The van der Waals surface area contributed by atoms with Gasteiger partial charge in [0.2, 0.25) is 5.91 Å². The van der Waals surface area contributed by atoms with Gasteiger partial charge in [0.1, 0.15) is 10.9 Å². The molecule has 126 valence electrons. The summed E-state index contributed by atoms with van der Waals surface area (Å²) in [6, 6.07) is 16.3. The Morgan fingerprint density at radius 1 is 1.08 bits per heavy atom. The van der Waals surface area contributed by atoms with Crippen molar-refractivity contribution in [2.24, 2.45) is 0 Å². The molecule has 0 unspecified atom stereocenters. The second kappa shape index (κ2) is 6.84. The summed E-state index contributed by atoms with van der Waals surface area (Å²) in [6.07, 6.45) is 0.933. The monoisotopic (exact) mass is 349 g/mol. The molecule has 0 fully saturated rings. The van der Waals surface area contributed by atoms with Crippen molar-refractivity contribution in [3.05, 3.63) is 65.5 Å². The number of hydrogen-bond acceptors (Lipinski definition) is 4. The Balaban J connectivity index is 1.48. The summed E-state index contributed by atoms with van der Waals surface area (Å²) in [5.74, 6) is 1.31. The summed E-state index contributed by atoms with van der Waals surface area (Å²) in [7, 11) is 0. The Bertz CT molecular complexity index is 941. The van der Waals surface area contributed by atoms with E-state index < -0.39 is 0 Å². The predicted molar refractivity (Wildman–Crippen MR) is 101 cm³/mol. The highest BCUT2D eigenvalue weighted by Crippen LogP contribution is 2.26. The smallest absolute Gasteiger partial charge is 0.233 e. The van der Waals surface area contributed by atoms with Crippen LogP contribution in [0.3, 0.4) is 0 Å². The maximum atomic E-state index is 12.7. The number of carbonyl (C=O) groups excluding carboxylic acids is 1. The van der Waals surface area contributed by atoms with Gasteiger partial charge in [-0.05, 0) is 30.5 Å². The first-order chi connectivity index (χ1) is 12.2. The second-order valence-corrected chi connectivity index (χ2v) is 7.18. The van der Waals surface area contributed by atoms with Crippen LogP contribution in [-0.2, 0) is 17.8 Å². The Labute approximate surface area is 151 Å². The number of hydrogen-bond donors (Lipinski definition) is 0. The van der Waals surface area contributed by atoms with Crippen molar-refractivity contribution < 1.29 is 4.79 Å². The van der Waals surface area contributed by atoms with E-state index in [-0.39, 0.29) is 5.91 Å². The number of benzene rings is 2. The number of aryl methyl sites for hydroxylation is 1. The van der Waals surface area contributed by atoms with Crippen LogP contribution in [0.2, 0.25) is 0 Å². The van der Waals surface area contributed by atoms with Gasteiger partial charge in [-0.25, -0.2) is 9.97 Å². The highest BCUT2D eigenvalue weighted by atomic mass is 32.2. The molecule has 1 aliphatic heterocycles. The van der Waals surface area contributed by atoms with Crippen LogP contribution in [0.25, 0.3) is 10.9 Å². The molecular weight excluding hydrogens is 330 g/mol. The van der Waals surface area contributed by atoms with Crippen molar-refractivity contribution in [2.75, 3.05) is 12.3 Å². The molecule has 0 aliphatic carbocycles. The number of fused-ring (bicyclic) bond motifs is 2. The lowest BCUT2D eigenvalue weighted by atomic mass is 10.00. The summed E-state index contributed by atoms with van der Waals surface area (Å²) in [4.78, 5) is 23.6. The number of amides is 1. The largest absolute Gasteiger partial charge is 0.337 e. The van der Waals surface area contributed by atoms with E-state index in [1.165, 1.54) is 22.9 Å². The number of rotatable bonds is 3. The van der Waals surface area contributed by atoms with E-state index in [1.54, 1.807) is 0 Å². The van der Waals surface area contributed by atoms with E-state index in [0.717, 1.165) is 34.7 Å². The first-order valence-corrected chi connectivity index (χ1v) is 9.40. The molecule has 0 spiro atoms. The van der Waals surface area contributed by atoms with Gasteiger partial charge in [0.15, 0.2) is 0 Å². The van der Waals surface area contributed by atoms with Gasteiger partial charge in [-0.3, -0.25) is 4.79 Å². The first kappa shape index (κ1) is 16.1. The molecule has 2 heterocycles. The minimum atomic E-state index is 0.167. The Morgan fingerprint density at radius 2 is 1.84 bits per heavy atom. The van der Waals surface area contributed by atoms with Crippen LogP contribution in [-0.4, -0.2) is 33.1 Å². The molecular formula is C20H19N3OS. The van der Waals surface area contributed by atoms with E-state index in [2.05, 4.69) is 28.2 Å². The summed E-state index contributed by atoms with van der Waals surface area (Å²) < 4.78 is 0. The molecule has 1 amide bonds. The summed E-state index contributed by atoms with van der Waals surface area (Å²) in [5, 5.41) is 1.89. The minimum absolute atomic E-state index is 0.167. The molecule has 0 radical (unpaired) electrons. The van der Waals surface area contributed by atoms with E-state index >= 15 is 0 Å². The summed E-state index contributed by atoms with van der Waals surface area (Å²) in [5.41, 5.74) is 3.55. The van der Waals surface area contributed by atoms with Crippen molar-refractivity contribution in [2.45, 2.75) is 24.9 Å². The fraction of sp³-hybridized carbons (Fsp3) is 0.250.